The molecule has 14 heavy (non-hydrogen) atoms. The highest BCUT2D eigenvalue weighted by Gasteiger charge is 2.09. The van der Waals surface area contributed by atoms with Gasteiger partial charge in [-0.2, -0.15) is 0 Å². The van der Waals surface area contributed by atoms with E-state index in [1.54, 1.807) is 0 Å². The van der Waals surface area contributed by atoms with E-state index < -0.39 is 0 Å². The fourth-order valence-corrected chi connectivity index (χ4v) is 1.51. The van der Waals surface area contributed by atoms with Crippen LogP contribution in [0.5, 0.6) is 0 Å². The highest BCUT2D eigenvalue weighted by Crippen LogP contribution is 2.19. The molecule has 0 aromatic heterocycles. The second-order valence-electron chi connectivity index (χ2n) is 5.22. The van der Waals surface area contributed by atoms with Gasteiger partial charge in [0.2, 0.25) is 0 Å². The lowest BCUT2D eigenvalue weighted by Crippen LogP contribution is -2.12. The molecule has 0 aromatic carbocycles. The van der Waals surface area contributed by atoms with E-state index in [1.165, 1.54) is 25.7 Å². The van der Waals surface area contributed by atoms with Crippen molar-refractivity contribution in [1.29, 1.82) is 0 Å². The zero-order valence-electron chi connectivity index (χ0n) is 10.6. The smallest absolute Gasteiger partial charge is 0.0537 e. The fraction of sp³-hybridized carbons (Fsp3) is 1.00. The lowest BCUT2D eigenvalue weighted by Gasteiger charge is -2.17. The SMILES string of the molecule is CC(C)C(C)CCCCC(C)C(C)O. The van der Waals surface area contributed by atoms with Crippen LogP contribution in [0.25, 0.3) is 0 Å². The van der Waals surface area contributed by atoms with Crippen molar-refractivity contribution in [2.75, 3.05) is 0 Å². The lowest BCUT2D eigenvalue weighted by atomic mass is 9.91. The van der Waals surface area contributed by atoms with Gasteiger partial charge < -0.3 is 5.11 Å². The molecule has 0 fully saturated rings. The first-order chi connectivity index (χ1) is 6.45. The summed E-state index contributed by atoms with van der Waals surface area (Å²) in [7, 11) is 0. The largest absolute Gasteiger partial charge is 0.393 e. The average molecular weight is 200 g/mol. The molecule has 0 radical (unpaired) electrons. The summed E-state index contributed by atoms with van der Waals surface area (Å²) in [6.45, 7) is 11.0. The van der Waals surface area contributed by atoms with E-state index in [-0.39, 0.29) is 6.10 Å². The third-order valence-electron chi connectivity index (χ3n) is 3.53. The van der Waals surface area contributed by atoms with Crippen molar-refractivity contribution < 1.29 is 5.11 Å². The van der Waals surface area contributed by atoms with E-state index >= 15 is 0 Å². The third-order valence-corrected chi connectivity index (χ3v) is 3.53. The molecule has 0 spiro atoms. The van der Waals surface area contributed by atoms with E-state index in [2.05, 4.69) is 27.7 Å². The Kier molecular flexibility index (Phi) is 7.26. The van der Waals surface area contributed by atoms with Crippen molar-refractivity contribution in [3.05, 3.63) is 0 Å². The van der Waals surface area contributed by atoms with Crippen molar-refractivity contribution in [1.82, 2.24) is 0 Å². The zero-order valence-corrected chi connectivity index (χ0v) is 10.6. The van der Waals surface area contributed by atoms with Crippen molar-refractivity contribution in [2.45, 2.75) is 66.4 Å². The first kappa shape index (κ1) is 14.0. The van der Waals surface area contributed by atoms with Gasteiger partial charge in [-0.25, -0.2) is 0 Å². The van der Waals surface area contributed by atoms with Crippen LogP contribution in [0.15, 0.2) is 0 Å². The van der Waals surface area contributed by atoms with Crippen LogP contribution >= 0.6 is 0 Å². The molecule has 0 aliphatic carbocycles. The zero-order chi connectivity index (χ0) is 11.1. The highest BCUT2D eigenvalue weighted by atomic mass is 16.3. The van der Waals surface area contributed by atoms with Gasteiger partial charge in [0, 0.05) is 0 Å². The molecule has 3 atom stereocenters. The maximum atomic E-state index is 9.32. The molecule has 86 valence electrons. The minimum absolute atomic E-state index is 0.141. The Hall–Kier alpha value is -0.0400. The molecule has 3 unspecified atom stereocenters. The van der Waals surface area contributed by atoms with E-state index in [9.17, 15) is 5.11 Å². The normalized spacial score (nSPS) is 18.2. The maximum Gasteiger partial charge on any atom is 0.0537 e. The predicted octanol–water partition coefficient (Wildman–Crippen LogP) is 3.86. The van der Waals surface area contributed by atoms with Crippen LogP contribution in [0.4, 0.5) is 0 Å². The van der Waals surface area contributed by atoms with E-state index in [1.807, 2.05) is 6.92 Å². The van der Waals surface area contributed by atoms with Crippen LogP contribution in [0.1, 0.15) is 60.3 Å². The molecule has 0 heterocycles. The highest BCUT2D eigenvalue weighted by molar-refractivity contribution is 4.61. The van der Waals surface area contributed by atoms with Gasteiger partial charge in [0.25, 0.3) is 0 Å². The number of aliphatic hydroxyl groups is 1. The first-order valence-electron chi connectivity index (χ1n) is 6.13. The number of hydrogen-bond acceptors (Lipinski definition) is 1. The van der Waals surface area contributed by atoms with Gasteiger partial charge in [0.15, 0.2) is 0 Å². The molecule has 1 N–H and O–H groups in total. The van der Waals surface area contributed by atoms with Crippen molar-refractivity contribution >= 4 is 0 Å². The Morgan fingerprint density at radius 3 is 1.57 bits per heavy atom. The molecular weight excluding hydrogens is 172 g/mol. The predicted molar refractivity (Wildman–Crippen MR) is 63.3 cm³/mol. The minimum Gasteiger partial charge on any atom is -0.393 e. The summed E-state index contributed by atoms with van der Waals surface area (Å²) in [5.41, 5.74) is 0. The Labute approximate surface area is 89.9 Å². The van der Waals surface area contributed by atoms with Crippen LogP contribution in [-0.4, -0.2) is 11.2 Å². The summed E-state index contributed by atoms with van der Waals surface area (Å²) in [6.07, 6.45) is 4.95. The molecule has 1 nitrogen and oxygen atoms in total. The fourth-order valence-electron chi connectivity index (χ4n) is 1.51. The Bertz CT molecular complexity index is 113. The molecule has 0 saturated carbocycles. The minimum atomic E-state index is -0.141. The van der Waals surface area contributed by atoms with Gasteiger partial charge in [-0.05, 0) is 31.1 Å². The van der Waals surface area contributed by atoms with E-state index in [0.717, 1.165) is 11.8 Å². The monoisotopic (exact) mass is 200 g/mol. The van der Waals surface area contributed by atoms with Gasteiger partial charge in [0.05, 0.1) is 6.10 Å². The summed E-state index contributed by atoms with van der Waals surface area (Å²) in [4.78, 5) is 0. The van der Waals surface area contributed by atoms with Gasteiger partial charge >= 0.3 is 0 Å². The summed E-state index contributed by atoms with van der Waals surface area (Å²) >= 11 is 0. The van der Waals surface area contributed by atoms with Gasteiger partial charge in [-0.15, -0.1) is 0 Å². The average Bonchev–Trinajstić information content (AvgIpc) is 2.11. The summed E-state index contributed by atoms with van der Waals surface area (Å²) in [5.74, 6) is 2.12. The van der Waals surface area contributed by atoms with Crippen LogP contribution in [0, 0.1) is 17.8 Å². The molecule has 0 aromatic rings. The van der Waals surface area contributed by atoms with Crippen molar-refractivity contribution in [2.24, 2.45) is 17.8 Å². The molecule has 0 saturated heterocycles. The van der Waals surface area contributed by atoms with Gasteiger partial charge in [-0.3, -0.25) is 0 Å². The molecular formula is C13H28O. The topological polar surface area (TPSA) is 20.2 Å². The number of aliphatic hydroxyl groups excluding tert-OH is 1. The van der Waals surface area contributed by atoms with Crippen LogP contribution < -0.4 is 0 Å². The summed E-state index contributed by atoms with van der Waals surface area (Å²) < 4.78 is 0. The molecule has 0 aliphatic heterocycles. The van der Waals surface area contributed by atoms with E-state index in [4.69, 9.17) is 0 Å². The lowest BCUT2D eigenvalue weighted by molar-refractivity contribution is 0.128. The first-order valence-corrected chi connectivity index (χ1v) is 6.13. The van der Waals surface area contributed by atoms with Crippen molar-refractivity contribution in [3.63, 3.8) is 0 Å². The van der Waals surface area contributed by atoms with Crippen LogP contribution in [0.2, 0.25) is 0 Å². The van der Waals surface area contributed by atoms with Crippen LogP contribution in [0.3, 0.4) is 0 Å². The van der Waals surface area contributed by atoms with Crippen LogP contribution in [-0.2, 0) is 0 Å². The van der Waals surface area contributed by atoms with Gasteiger partial charge in [0.1, 0.15) is 0 Å². The summed E-state index contributed by atoms with van der Waals surface area (Å²) in [6, 6.07) is 0. The molecule has 0 rings (SSSR count). The van der Waals surface area contributed by atoms with E-state index in [0.29, 0.717) is 5.92 Å². The molecule has 0 aliphatic rings. The second-order valence-corrected chi connectivity index (χ2v) is 5.22. The Balaban J connectivity index is 3.38. The standard InChI is InChI=1S/C13H28O/c1-10(2)11(3)8-6-7-9-12(4)13(5)14/h10-14H,6-9H2,1-5H3. The number of hydrogen-bond donors (Lipinski definition) is 1. The summed E-state index contributed by atoms with van der Waals surface area (Å²) in [5, 5.41) is 9.32. The van der Waals surface area contributed by atoms with Gasteiger partial charge in [-0.1, -0.05) is 47.0 Å². The number of rotatable bonds is 7. The maximum absolute atomic E-state index is 9.32. The molecule has 0 bridgehead atoms. The molecule has 0 amide bonds. The Morgan fingerprint density at radius 2 is 1.21 bits per heavy atom. The van der Waals surface area contributed by atoms with Crippen molar-refractivity contribution in [3.8, 4) is 0 Å². The molecule has 1 heteroatoms. The quantitative estimate of drug-likeness (QED) is 0.619. The Morgan fingerprint density at radius 1 is 0.786 bits per heavy atom. The number of unbranched alkanes of at least 4 members (excludes halogenated alkanes) is 1. The second kappa shape index (κ2) is 7.28. The third kappa shape index (κ3) is 6.42.